The molecule has 2 N–H and O–H groups in total. The van der Waals surface area contributed by atoms with Crippen molar-refractivity contribution in [2.24, 2.45) is 11.8 Å². The minimum absolute atomic E-state index is 0.0158. The number of carbonyl (C=O) groups excluding carboxylic acids is 3. The molecule has 1 saturated carbocycles. The molecule has 6 nitrogen and oxygen atoms in total. The number of nitrogens with one attached hydrogen (secondary N) is 2. The van der Waals surface area contributed by atoms with Crippen LogP contribution in [0.3, 0.4) is 0 Å². The average molecular weight is 398 g/mol. The van der Waals surface area contributed by atoms with Crippen molar-refractivity contribution >= 4 is 40.4 Å². The van der Waals surface area contributed by atoms with E-state index in [1.165, 1.54) is 11.3 Å². The van der Waals surface area contributed by atoms with Gasteiger partial charge in [0, 0.05) is 36.3 Å². The second-order valence-corrected chi connectivity index (χ2v) is 8.32. The Bertz CT molecular complexity index is 852. The predicted molar refractivity (Wildman–Crippen MR) is 109 cm³/mol. The second-order valence-electron chi connectivity index (χ2n) is 7.37. The number of benzene rings is 1. The first kappa shape index (κ1) is 18.7. The molecule has 0 bridgehead atoms. The summed E-state index contributed by atoms with van der Waals surface area (Å²) in [6.45, 7) is 1.20. The van der Waals surface area contributed by atoms with Crippen molar-refractivity contribution in [2.75, 3.05) is 23.7 Å². The third-order valence-electron chi connectivity index (χ3n) is 5.25. The monoisotopic (exact) mass is 397 g/mol. The predicted octanol–water partition coefficient (Wildman–Crippen LogP) is 3.59. The van der Waals surface area contributed by atoms with E-state index in [-0.39, 0.29) is 29.6 Å². The van der Waals surface area contributed by atoms with Gasteiger partial charge < -0.3 is 15.5 Å². The van der Waals surface area contributed by atoms with Crippen molar-refractivity contribution in [2.45, 2.75) is 25.7 Å². The molecular weight excluding hydrogens is 374 g/mol. The van der Waals surface area contributed by atoms with Crippen LogP contribution in [0.5, 0.6) is 0 Å². The molecule has 0 unspecified atom stereocenters. The number of nitrogens with zero attached hydrogens (tertiary/aromatic N) is 1. The Labute approximate surface area is 167 Å². The molecule has 3 amide bonds. The van der Waals surface area contributed by atoms with E-state index < -0.39 is 0 Å². The summed E-state index contributed by atoms with van der Waals surface area (Å²) in [4.78, 5) is 39.3. The summed E-state index contributed by atoms with van der Waals surface area (Å²) < 4.78 is 0. The van der Waals surface area contributed by atoms with Crippen LogP contribution in [0.15, 0.2) is 41.8 Å². The molecule has 0 radical (unpaired) electrons. The van der Waals surface area contributed by atoms with Gasteiger partial charge in [-0.1, -0.05) is 6.07 Å². The lowest BCUT2D eigenvalue weighted by molar-refractivity contribution is -0.121. The molecule has 2 aromatic rings. The second kappa shape index (κ2) is 8.14. The molecule has 2 heterocycles. The summed E-state index contributed by atoms with van der Waals surface area (Å²) in [5, 5.41) is 7.73. The topological polar surface area (TPSA) is 78.5 Å². The highest BCUT2D eigenvalue weighted by atomic mass is 32.1. The summed E-state index contributed by atoms with van der Waals surface area (Å²) in [7, 11) is 0. The summed E-state index contributed by atoms with van der Waals surface area (Å²) in [6.07, 6.45) is 3.27. The third kappa shape index (κ3) is 4.42. The van der Waals surface area contributed by atoms with E-state index in [2.05, 4.69) is 10.6 Å². The molecule has 1 aromatic carbocycles. The van der Waals surface area contributed by atoms with E-state index in [0.29, 0.717) is 31.6 Å². The van der Waals surface area contributed by atoms with E-state index in [1.54, 1.807) is 24.3 Å². The highest BCUT2D eigenvalue weighted by Gasteiger charge is 2.30. The fraction of sp³-hybridized carbons (Fsp3) is 0.381. The number of rotatable bonds is 5. The maximum Gasteiger partial charge on any atom is 0.263 e. The molecule has 146 valence electrons. The molecule has 0 atom stereocenters. The first-order chi connectivity index (χ1) is 13.6. The van der Waals surface area contributed by atoms with E-state index in [4.69, 9.17) is 0 Å². The van der Waals surface area contributed by atoms with E-state index in [9.17, 15) is 14.4 Å². The quantitative estimate of drug-likeness (QED) is 0.809. The lowest BCUT2D eigenvalue weighted by Gasteiger charge is -2.31. The van der Waals surface area contributed by atoms with Gasteiger partial charge in [-0.05, 0) is 61.4 Å². The number of carbonyl (C=O) groups is 3. The SMILES string of the molecule is O=C(Nc1ccc(NC(=O)C2CCN(C(=O)c3cccs3)CC2)cc1)C1CC1. The molecule has 1 aromatic heterocycles. The van der Waals surface area contributed by atoms with Crippen LogP contribution in [-0.4, -0.2) is 35.7 Å². The number of amides is 3. The van der Waals surface area contributed by atoms with E-state index in [1.807, 2.05) is 22.4 Å². The maximum atomic E-state index is 12.6. The zero-order valence-corrected chi connectivity index (χ0v) is 16.3. The molecule has 1 aliphatic carbocycles. The van der Waals surface area contributed by atoms with Crippen LogP contribution in [0.25, 0.3) is 0 Å². The highest BCUT2D eigenvalue weighted by molar-refractivity contribution is 7.12. The van der Waals surface area contributed by atoms with Crippen LogP contribution >= 0.6 is 11.3 Å². The van der Waals surface area contributed by atoms with Gasteiger partial charge in [-0.15, -0.1) is 11.3 Å². The minimum Gasteiger partial charge on any atom is -0.338 e. The average Bonchev–Trinajstić information content (AvgIpc) is 3.43. The van der Waals surface area contributed by atoms with Crippen LogP contribution in [-0.2, 0) is 9.59 Å². The Hall–Kier alpha value is -2.67. The van der Waals surface area contributed by atoms with Crippen molar-refractivity contribution in [3.05, 3.63) is 46.7 Å². The smallest absolute Gasteiger partial charge is 0.263 e. The van der Waals surface area contributed by atoms with Crippen LogP contribution in [0, 0.1) is 11.8 Å². The Balaban J connectivity index is 1.26. The van der Waals surface area contributed by atoms with Gasteiger partial charge in [-0.25, -0.2) is 0 Å². The standard InChI is InChI=1S/C21H23N3O3S/c25-19(14-3-4-14)22-16-5-7-17(8-6-16)23-20(26)15-9-11-24(12-10-15)21(27)18-2-1-13-28-18/h1-2,5-8,13-15H,3-4,9-12H2,(H,22,25)(H,23,26). The van der Waals surface area contributed by atoms with Crippen LogP contribution in [0.4, 0.5) is 11.4 Å². The van der Waals surface area contributed by atoms with Gasteiger partial charge in [0.1, 0.15) is 0 Å². The summed E-state index contributed by atoms with van der Waals surface area (Å²) >= 11 is 1.45. The number of piperidine rings is 1. The molecule has 1 aliphatic heterocycles. The first-order valence-electron chi connectivity index (χ1n) is 9.65. The number of thiophene rings is 1. The Kier molecular flexibility index (Phi) is 5.43. The number of hydrogen-bond acceptors (Lipinski definition) is 4. The van der Waals surface area contributed by atoms with Gasteiger partial charge in [0.15, 0.2) is 0 Å². The van der Waals surface area contributed by atoms with Gasteiger partial charge in [0.25, 0.3) is 5.91 Å². The number of anilines is 2. The van der Waals surface area contributed by atoms with Gasteiger partial charge >= 0.3 is 0 Å². The van der Waals surface area contributed by atoms with Crippen LogP contribution < -0.4 is 10.6 Å². The Morgan fingerprint density at radius 1 is 0.821 bits per heavy atom. The van der Waals surface area contributed by atoms with Crippen molar-refractivity contribution in [1.29, 1.82) is 0 Å². The van der Waals surface area contributed by atoms with Gasteiger partial charge in [-0.2, -0.15) is 0 Å². The number of hydrogen-bond donors (Lipinski definition) is 2. The Morgan fingerprint density at radius 3 is 1.82 bits per heavy atom. The molecule has 7 heteroatoms. The van der Waals surface area contributed by atoms with Crippen molar-refractivity contribution in [3.63, 3.8) is 0 Å². The Morgan fingerprint density at radius 2 is 1.36 bits per heavy atom. The first-order valence-corrected chi connectivity index (χ1v) is 10.5. The zero-order valence-electron chi connectivity index (χ0n) is 15.5. The minimum atomic E-state index is -0.0957. The lowest BCUT2D eigenvalue weighted by Crippen LogP contribution is -2.41. The maximum absolute atomic E-state index is 12.6. The lowest BCUT2D eigenvalue weighted by atomic mass is 9.95. The fourth-order valence-corrected chi connectivity index (χ4v) is 4.06. The molecule has 4 rings (SSSR count). The molecule has 0 spiro atoms. The van der Waals surface area contributed by atoms with Gasteiger partial charge in [0.2, 0.25) is 11.8 Å². The molecule has 28 heavy (non-hydrogen) atoms. The molecular formula is C21H23N3O3S. The summed E-state index contributed by atoms with van der Waals surface area (Å²) in [6, 6.07) is 10.9. The fourth-order valence-electron chi connectivity index (χ4n) is 3.37. The summed E-state index contributed by atoms with van der Waals surface area (Å²) in [5.74, 6) is 0.176. The summed E-state index contributed by atoms with van der Waals surface area (Å²) in [5.41, 5.74) is 1.46. The van der Waals surface area contributed by atoms with E-state index >= 15 is 0 Å². The van der Waals surface area contributed by atoms with Crippen LogP contribution in [0.2, 0.25) is 0 Å². The number of likely N-dealkylation sites (tertiary alicyclic amines) is 1. The van der Waals surface area contributed by atoms with Crippen molar-refractivity contribution in [3.8, 4) is 0 Å². The van der Waals surface area contributed by atoms with Gasteiger partial charge in [-0.3, -0.25) is 14.4 Å². The molecule has 1 saturated heterocycles. The molecule has 2 aliphatic rings. The zero-order chi connectivity index (χ0) is 19.5. The third-order valence-corrected chi connectivity index (χ3v) is 6.11. The normalized spacial score (nSPS) is 17.2. The van der Waals surface area contributed by atoms with E-state index in [0.717, 1.165) is 23.4 Å². The van der Waals surface area contributed by atoms with Crippen molar-refractivity contribution in [1.82, 2.24) is 4.90 Å². The van der Waals surface area contributed by atoms with Gasteiger partial charge in [0.05, 0.1) is 4.88 Å². The largest absolute Gasteiger partial charge is 0.338 e. The molecule has 2 fully saturated rings. The highest BCUT2D eigenvalue weighted by Crippen LogP contribution is 2.30. The van der Waals surface area contributed by atoms with Crippen molar-refractivity contribution < 1.29 is 14.4 Å². The van der Waals surface area contributed by atoms with Crippen LogP contribution in [0.1, 0.15) is 35.4 Å².